The van der Waals surface area contributed by atoms with E-state index in [4.69, 9.17) is 10.5 Å². The van der Waals surface area contributed by atoms with E-state index in [1.807, 2.05) is 18.2 Å². The summed E-state index contributed by atoms with van der Waals surface area (Å²) >= 11 is 0. The Morgan fingerprint density at radius 1 is 0.973 bits per heavy atom. The van der Waals surface area contributed by atoms with Crippen LogP contribution >= 0.6 is 0 Å². The fourth-order valence-electron chi connectivity index (χ4n) is 10.3. The topological polar surface area (TPSA) is 35.2 Å². The van der Waals surface area contributed by atoms with E-state index in [1.165, 1.54) is 77.0 Å². The quantitative estimate of drug-likeness (QED) is 0.282. The molecular formula is C35H55NO. The van der Waals surface area contributed by atoms with E-state index >= 15 is 0 Å². The maximum absolute atomic E-state index is 6.49. The molecule has 4 saturated carbocycles. The van der Waals surface area contributed by atoms with Gasteiger partial charge in [-0.3, -0.25) is 0 Å². The van der Waals surface area contributed by atoms with E-state index in [0.29, 0.717) is 16.9 Å². The zero-order valence-corrected chi connectivity index (χ0v) is 24.6. The number of ether oxygens (including phenoxy) is 1. The van der Waals surface area contributed by atoms with Crippen LogP contribution in [0.25, 0.3) is 5.76 Å². The Morgan fingerprint density at radius 3 is 2.49 bits per heavy atom. The van der Waals surface area contributed by atoms with Crippen molar-refractivity contribution in [3.05, 3.63) is 36.4 Å². The normalized spacial score (nSPS) is 39.9. The summed E-state index contributed by atoms with van der Waals surface area (Å²) in [5.74, 6) is 7.17. The first-order valence-corrected chi connectivity index (χ1v) is 15.8. The summed E-state index contributed by atoms with van der Waals surface area (Å²) in [7, 11) is 0. The molecule has 4 aliphatic carbocycles. The molecule has 0 spiro atoms. The Morgan fingerprint density at radius 2 is 1.73 bits per heavy atom. The second-order valence-corrected chi connectivity index (χ2v) is 14.8. The molecule has 0 bridgehead atoms. The Labute approximate surface area is 228 Å². The van der Waals surface area contributed by atoms with Gasteiger partial charge in [0.05, 0.1) is 6.10 Å². The van der Waals surface area contributed by atoms with Crippen LogP contribution in [0.4, 0.5) is 5.69 Å². The van der Waals surface area contributed by atoms with Crippen LogP contribution in [0.1, 0.15) is 117 Å². The molecule has 0 aromatic heterocycles. The summed E-state index contributed by atoms with van der Waals surface area (Å²) in [6.07, 6.45) is 17.1. The molecule has 9 unspecified atom stereocenters. The molecule has 9 atom stereocenters. The molecule has 2 nitrogen and oxygen atoms in total. The fourth-order valence-corrected chi connectivity index (χ4v) is 10.3. The second-order valence-electron chi connectivity index (χ2n) is 14.8. The molecule has 0 amide bonds. The highest BCUT2D eigenvalue weighted by atomic mass is 16.5. The van der Waals surface area contributed by atoms with Crippen molar-refractivity contribution in [3.8, 4) is 0 Å². The van der Waals surface area contributed by atoms with Crippen LogP contribution in [0, 0.1) is 52.3 Å². The molecule has 1 aromatic carbocycles. The highest BCUT2D eigenvalue weighted by molar-refractivity contribution is 5.61. The fraction of sp³-hybridized carbons (Fsp3) is 0.771. The summed E-state index contributed by atoms with van der Waals surface area (Å²) in [6, 6.07) is 7.97. The Hall–Kier alpha value is -1.44. The van der Waals surface area contributed by atoms with Crippen LogP contribution in [0.5, 0.6) is 0 Å². The van der Waals surface area contributed by atoms with E-state index in [0.717, 1.165) is 58.4 Å². The van der Waals surface area contributed by atoms with Crippen LogP contribution in [0.2, 0.25) is 0 Å². The summed E-state index contributed by atoms with van der Waals surface area (Å²) in [5.41, 5.74) is 8.90. The third-order valence-corrected chi connectivity index (χ3v) is 12.3. The molecule has 0 saturated heterocycles. The smallest absolute Gasteiger partial charge is 0.119 e. The van der Waals surface area contributed by atoms with Gasteiger partial charge in [0.25, 0.3) is 0 Å². The van der Waals surface area contributed by atoms with Crippen molar-refractivity contribution in [3.63, 3.8) is 0 Å². The first-order valence-electron chi connectivity index (χ1n) is 15.8. The molecule has 2 heteroatoms. The molecule has 1 aromatic rings. The van der Waals surface area contributed by atoms with Crippen LogP contribution in [-0.2, 0) is 4.74 Å². The molecule has 0 aliphatic heterocycles. The van der Waals surface area contributed by atoms with E-state index in [-0.39, 0.29) is 0 Å². The van der Waals surface area contributed by atoms with Gasteiger partial charge in [0.2, 0.25) is 0 Å². The predicted molar refractivity (Wildman–Crippen MR) is 158 cm³/mol. The van der Waals surface area contributed by atoms with E-state index in [1.54, 1.807) is 0 Å². The van der Waals surface area contributed by atoms with Crippen molar-refractivity contribution >= 4 is 11.4 Å². The lowest BCUT2D eigenvalue weighted by atomic mass is 9.44. The molecule has 2 N–H and O–H groups in total. The highest BCUT2D eigenvalue weighted by Crippen LogP contribution is 2.68. The van der Waals surface area contributed by atoms with Gasteiger partial charge in [-0.05, 0) is 122 Å². The van der Waals surface area contributed by atoms with Crippen molar-refractivity contribution in [1.82, 2.24) is 0 Å². The standard InChI is InChI=1S/C35H55NO/c1-23(2)9-7-10-24(3)31-15-16-32-30-14-13-27-22-29(37-25(4)26-11-8-12-28(36)21-26)17-19-34(27,5)33(30)18-20-35(31,32)6/h8,11-12,21,23-24,27,29-33H,4,7,9-10,13-20,22,36H2,1-3,5-6H3. The summed E-state index contributed by atoms with van der Waals surface area (Å²) in [5, 5.41) is 0. The van der Waals surface area contributed by atoms with Gasteiger partial charge in [-0.2, -0.15) is 0 Å². The monoisotopic (exact) mass is 505 g/mol. The first-order chi connectivity index (χ1) is 17.6. The van der Waals surface area contributed by atoms with E-state index < -0.39 is 0 Å². The SMILES string of the molecule is C=C(OC1CCC2(C)C(CCC3C2CCC2(C)C(C(C)CCCC(C)C)CCC32)C1)c1cccc(N)c1. The van der Waals surface area contributed by atoms with E-state index in [9.17, 15) is 0 Å². The molecular weight excluding hydrogens is 450 g/mol. The lowest BCUT2D eigenvalue weighted by Gasteiger charge is -2.61. The Kier molecular flexibility index (Phi) is 7.78. The number of fused-ring (bicyclic) bond motifs is 5. The Balaban J connectivity index is 1.22. The number of nitrogens with two attached hydrogens (primary N) is 1. The maximum atomic E-state index is 6.49. The summed E-state index contributed by atoms with van der Waals surface area (Å²) < 4.78 is 6.49. The number of rotatable bonds is 8. The predicted octanol–water partition coefficient (Wildman–Crippen LogP) is 9.75. The molecule has 0 radical (unpaired) electrons. The molecule has 206 valence electrons. The Bertz CT molecular complexity index is 952. The zero-order valence-electron chi connectivity index (χ0n) is 24.6. The van der Waals surface area contributed by atoms with Crippen molar-refractivity contribution in [2.24, 2.45) is 52.3 Å². The van der Waals surface area contributed by atoms with Crippen molar-refractivity contribution in [2.45, 2.75) is 118 Å². The third kappa shape index (κ3) is 5.12. The van der Waals surface area contributed by atoms with Gasteiger partial charge in [-0.25, -0.2) is 0 Å². The van der Waals surface area contributed by atoms with Gasteiger partial charge in [0.15, 0.2) is 0 Å². The maximum Gasteiger partial charge on any atom is 0.119 e. The molecule has 4 fully saturated rings. The van der Waals surface area contributed by atoms with Gasteiger partial charge in [-0.15, -0.1) is 0 Å². The first kappa shape index (κ1) is 27.1. The molecule has 5 rings (SSSR count). The second kappa shape index (κ2) is 10.6. The lowest BCUT2D eigenvalue weighted by molar-refractivity contribution is -0.128. The number of benzene rings is 1. The van der Waals surface area contributed by atoms with Gasteiger partial charge < -0.3 is 10.5 Å². The number of hydrogen-bond acceptors (Lipinski definition) is 2. The molecule has 37 heavy (non-hydrogen) atoms. The minimum absolute atomic E-state index is 0.306. The highest BCUT2D eigenvalue weighted by Gasteiger charge is 2.60. The minimum Gasteiger partial charge on any atom is -0.490 e. The molecule has 0 heterocycles. The van der Waals surface area contributed by atoms with Crippen molar-refractivity contribution < 1.29 is 4.74 Å². The third-order valence-electron chi connectivity index (χ3n) is 12.3. The van der Waals surface area contributed by atoms with Crippen molar-refractivity contribution in [2.75, 3.05) is 5.73 Å². The number of hydrogen-bond donors (Lipinski definition) is 1. The van der Waals surface area contributed by atoms with E-state index in [2.05, 4.69) is 47.3 Å². The van der Waals surface area contributed by atoms with Gasteiger partial charge in [-0.1, -0.05) is 72.6 Å². The lowest BCUT2D eigenvalue weighted by Crippen LogP contribution is -2.54. The number of anilines is 1. The molecule has 4 aliphatic rings. The average Bonchev–Trinajstić information content (AvgIpc) is 3.21. The number of nitrogen functional groups attached to an aromatic ring is 1. The minimum atomic E-state index is 0.306. The summed E-state index contributed by atoms with van der Waals surface area (Å²) in [6.45, 7) is 17.0. The van der Waals surface area contributed by atoms with Gasteiger partial charge >= 0.3 is 0 Å². The van der Waals surface area contributed by atoms with Gasteiger partial charge in [0, 0.05) is 11.3 Å². The summed E-state index contributed by atoms with van der Waals surface area (Å²) in [4.78, 5) is 0. The van der Waals surface area contributed by atoms with Gasteiger partial charge in [0.1, 0.15) is 5.76 Å². The zero-order chi connectivity index (χ0) is 26.4. The van der Waals surface area contributed by atoms with Crippen LogP contribution < -0.4 is 5.73 Å². The average molecular weight is 506 g/mol. The largest absolute Gasteiger partial charge is 0.490 e. The van der Waals surface area contributed by atoms with Crippen LogP contribution in [0.15, 0.2) is 30.8 Å². The van der Waals surface area contributed by atoms with Crippen molar-refractivity contribution in [1.29, 1.82) is 0 Å². The van der Waals surface area contributed by atoms with Crippen LogP contribution in [-0.4, -0.2) is 6.10 Å². The van der Waals surface area contributed by atoms with Crippen LogP contribution in [0.3, 0.4) is 0 Å².